The molecule has 0 unspecified atom stereocenters. The Morgan fingerprint density at radius 2 is 1.90 bits per heavy atom. The van der Waals surface area contributed by atoms with E-state index in [4.69, 9.17) is 39.9 Å². The van der Waals surface area contributed by atoms with Gasteiger partial charge in [0.25, 0.3) is 10.0 Å². The van der Waals surface area contributed by atoms with Crippen molar-refractivity contribution in [3.63, 3.8) is 0 Å². The maximum Gasteiger partial charge on any atom is 0.337 e. The summed E-state index contributed by atoms with van der Waals surface area (Å²) >= 11 is 18.3. The zero-order chi connectivity index (χ0) is 15.8. The second kappa shape index (κ2) is 6.02. The van der Waals surface area contributed by atoms with Crippen LogP contribution in [0.5, 0.6) is 0 Å². The number of anilines is 1. The average molecular weight is 387 g/mol. The molecule has 21 heavy (non-hydrogen) atoms. The first-order valence-electron chi connectivity index (χ1n) is 5.22. The van der Waals surface area contributed by atoms with Crippen LogP contribution in [0.25, 0.3) is 0 Å². The lowest BCUT2D eigenvalue weighted by molar-refractivity contribution is 0.0698. The van der Waals surface area contributed by atoms with E-state index in [1.165, 1.54) is 24.3 Å². The lowest BCUT2D eigenvalue weighted by Crippen LogP contribution is -2.15. The number of benzene rings is 1. The molecule has 0 aliphatic rings. The number of para-hydroxylation sites is 1. The summed E-state index contributed by atoms with van der Waals surface area (Å²) in [5.41, 5.74) is -0.506. The van der Waals surface area contributed by atoms with Gasteiger partial charge in [0, 0.05) is 0 Å². The van der Waals surface area contributed by atoms with Crippen LogP contribution in [-0.2, 0) is 10.0 Å². The number of carboxylic acid groups (broad SMARTS) is 1. The minimum atomic E-state index is -4.11. The fraction of sp³-hybridized carbons (Fsp3) is 0. The molecule has 112 valence electrons. The molecule has 0 spiro atoms. The Labute approximate surface area is 139 Å². The van der Waals surface area contributed by atoms with Crippen LogP contribution in [0.2, 0.25) is 13.7 Å². The molecule has 0 amide bonds. The number of rotatable bonds is 4. The van der Waals surface area contributed by atoms with Crippen LogP contribution in [0.3, 0.4) is 0 Å². The van der Waals surface area contributed by atoms with Gasteiger partial charge in [0.2, 0.25) is 0 Å². The van der Waals surface area contributed by atoms with Crippen molar-refractivity contribution in [3.05, 3.63) is 43.5 Å². The highest BCUT2D eigenvalue weighted by Gasteiger charge is 2.24. The fourth-order valence-corrected chi connectivity index (χ4v) is 5.03. The van der Waals surface area contributed by atoms with Gasteiger partial charge in [-0.2, -0.15) is 0 Å². The van der Waals surface area contributed by atoms with Crippen LogP contribution in [0.1, 0.15) is 10.4 Å². The third-order valence-electron chi connectivity index (χ3n) is 2.40. The molecule has 0 aliphatic heterocycles. The van der Waals surface area contributed by atoms with Crippen molar-refractivity contribution in [2.75, 3.05) is 4.72 Å². The Bertz CT molecular complexity index is 817. The topological polar surface area (TPSA) is 83.5 Å². The van der Waals surface area contributed by atoms with E-state index in [0.29, 0.717) is 0 Å². The molecule has 1 aromatic carbocycles. The SMILES string of the molecule is O=C(O)c1cccc(Cl)c1NS(=O)(=O)c1cc(Cl)sc1Cl. The highest BCUT2D eigenvalue weighted by Crippen LogP contribution is 2.36. The summed E-state index contributed by atoms with van der Waals surface area (Å²) in [6.45, 7) is 0. The van der Waals surface area contributed by atoms with Crippen molar-refractivity contribution >= 4 is 67.8 Å². The van der Waals surface area contributed by atoms with Gasteiger partial charge in [-0.1, -0.05) is 40.9 Å². The van der Waals surface area contributed by atoms with Gasteiger partial charge in [-0.3, -0.25) is 4.72 Å². The number of hydrogen-bond acceptors (Lipinski definition) is 4. The molecule has 1 heterocycles. The number of halogens is 3. The van der Waals surface area contributed by atoms with Gasteiger partial charge in [-0.05, 0) is 18.2 Å². The normalized spacial score (nSPS) is 11.4. The van der Waals surface area contributed by atoms with E-state index in [0.717, 1.165) is 11.3 Å². The highest BCUT2D eigenvalue weighted by molar-refractivity contribution is 7.93. The summed E-state index contributed by atoms with van der Waals surface area (Å²) < 4.78 is 26.8. The molecule has 5 nitrogen and oxygen atoms in total. The molecule has 1 aromatic heterocycles. The molecule has 0 saturated carbocycles. The molecule has 0 aliphatic carbocycles. The maximum atomic E-state index is 12.3. The van der Waals surface area contributed by atoms with Gasteiger partial charge < -0.3 is 5.11 Å². The monoisotopic (exact) mass is 385 g/mol. The van der Waals surface area contributed by atoms with Crippen molar-refractivity contribution in [1.82, 2.24) is 0 Å². The minimum Gasteiger partial charge on any atom is -0.478 e. The Morgan fingerprint density at radius 1 is 1.24 bits per heavy atom. The number of carbonyl (C=O) groups is 1. The number of hydrogen-bond donors (Lipinski definition) is 2. The van der Waals surface area contributed by atoms with Gasteiger partial charge in [-0.25, -0.2) is 13.2 Å². The first-order chi connectivity index (χ1) is 9.72. The summed E-state index contributed by atoms with van der Waals surface area (Å²) in [5, 5.41) is 9.03. The summed E-state index contributed by atoms with van der Waals surface area (Å²) in [4.78, 5) is 10.9. The predicted molar refractivity (Wildman–Crippen MR) is 83.6 cm³/mol. The van der Waals surface area contributed by atoms with Crippen molar-refractivity contribution in [3.8, 4) is 0 Å². The first kappa shape index (κ1) is 16.4. The van der Waals surface area contributed by atoms with Crippen molar-refractivity contribution in [1.29, 1.82) is 0 Å². The van der Waals surface area contributed by atoms with Gasteiger partial charge in [-0.15, -0.1) is 11.3 Å². The second-order valence-corrected chi connectivity index (χ2v) is 8.11. The minimum absolute atomic E-state index is 0.0311. The largest absolute Gasteiger partial charge is 0.478 e. The smallest absolute Gasteiger partial charge is 0.337 e. The average Bonchev–Trinajstić information content (AvgIpc) is 2.71. The Morgan fingerprint density at radius 3 is 2.43 bits per heavy atom. The second-order valence-electron chi connectivity index (χ2n) is 3.76. The van der Waals surface area contributed by atoms with E-state index in [9.17, 15) is 13.2 Å². The van der Waals surface area contributed by atoms with E-state index in [1.807, 2.05) is 0 Å². The Balaban J connectivity index is 2.52. The van der Waals surface area contributed by atoms with Crippen molar-refractivity contribution < 1.29 is 18.3 Å². The standard InChI is InChI=1S/C11H6Cl3NO4S2/c12-6-3-1-2-5(11(16)17)9(6)15-21(18,19)7-4-8(13)20-10(7)14/h1-4,15H,(H,16,17). The van der Waals surface area contributed by atoms with Crippen LogP contribution in [0.4, 0.5) is 5.69 Å². The summed E-state index contributed by atoms with van der Waals surface area (Å²) in [7, 11) is -4.11. The van der Waals surface area contributed by atoms with E-state index < -0.39 is 16.0 Å². The zero-order valence-corrected chi connectivity index (χ0v) is 13.8. The molecule has 0 saturated heterocycles. The van der Waals surface area contributed by atoms with Crippen LogP contribution >= 0.6 is 46.1 Å². The summed E-state index contributed by atoms with van der Waals surface area (Å²) in [5.74, 6) is -1.32. The number of aromatic carboxylic acids is 1. The summed E-state index contributed by atoms with van der Waals surface area (Å²) in [6, 6.07) is 5.18. The third-order valence-corrected chi connectivity index (χ3v) is 5.81. The molecule has 0 radical (unpaired) electrons. The maximum absolute atomic E-state index is 12.3. The molecule has 0 atom stereocenters. The quantitative estimate of drug-likeness (QED) is 0.824. The van der Waals surface area contributed by atoms with Gasteiger partial charge in [0.15, 0.2) is 0 Å². The lowest BCUT2D eigenvalue weighted by Gasteiger charge is -2.11. The lowest BCUT2D eigenvalue weighted by atomic mass is 10.2. The predicted octanol–water partition coefficient (Wildman–Crippen LogP) is 4.21. The van der Waals surface area contributed by atoms with Gasteiger partial charge >= 0.3 is 5.97 Å². The molecule has 2 aromatic rings. The van der Waals surface area contributed by atoms with Crippen LogP contribution < -0.4 is 4.72 Å². The molecule has 2 N–H and O–H groups in total. The van der Waals surface area contributed by atoms with E-state index in [1.54, 1.807) is 0 Å². The van der Waals surface area contributed by atoms with E-state index in [-0.39, 0.29) is 29.8 Å². The Kier molecular flexibility index (Phi) is 4.69. The third kappa shape index (κ3) is 3.44. The summed E-state index contributed by atoms with van der Waals surface area (Å²) in [6.07, 6.45) is 0. The van der Waals surface area contributed by atoms with Gasteiger partial charge in [0.1, 0.15) is 9.23 Å². The first-order valence-corrected chi connectivity index (χ1v) is 8.65. The number of sulfonamides is 1. The highest BCUT2D eigenvalue weighted by atomic mass is 35.5. The molecule has 0 bridgehead atoms. The van der Waals surface area contributed by atoms with Crippen molar-refractivity contribution in [2.45, 2.75) is 4.90 Å². The van der Waals surface area contributed by atoms with Crippen LogP contribution in [0.15, 0.2) is 29.2 Å². The number of nitrogens with one attached hydrogen (secondary N) is 1. The molecule has 2 rings (SSSR count). The molecule has 0 fully saturated rings. The van der Waals surface area contributed by atoms with E-state index >= 15 is 0 Å². The number of thiophene rings is 1. The number of carboxylic acids is 1. The van der Waals surface area contributed by atoms with Crippen LogP contribution in [0, 0.1) is 0 Å². The van der Waals surface area contributed by atoms with Crippen molar-refractivity contribution in [2.24, 2.45) is 0 Å². The van der Waals surface area contributed by atoms with E-state index in [2.05, 4.69) is 4.72 Å². The van der Waals surface area contributed by atoms with Crippen LogP contribution in [-0.4, -0.2) is 19.5 Å². The zero-order valence-electron chi connectivity index (χ0n) is 9.93. The molecular formula is C11H6Cl3NO4S2. The van der Waals surface area contributed by atoms with Gasteiger partial charge in [0.05, 0.1) is 20.6 Å². The fourth-order valence-electron chi connectivity index (χ4n) is 1.50. The Hall–Kier alpha value is -0.990. The molecule has 10 heteroatoms. The molecular weight excluding hydrogens is 381 g/mol.